The SMILES string of the molecule is COc1ccc2c(C[NH+](C)Cc3cccs3)cc(=O)oc2c1. The molecule has 0 radical (unpaired) electrons. The predicted molar refractivity (Wildman–Crippen MR) is 87.6 cm³/mol. The van der Waals surface area contributed by atoms with E-state index in [-0.39, 0.29) is 5.63 Å². The zero-order valence-electron chi connectivity index (χ0n) is 12.6. The van der Waals surface area contributed by atoms with Crippen molar-refractivity contribution in [2.24, 2.45) is 0 Å². The van der Waals surface area contributed by atoms with Gasteiger partial charge in [0.15, 0.2) is 0 Å². The molecule has 0 amide bonds. The molecule has 2 heterocycles. The number of hydrogen-bond donors (Lipinski definition) is 1. The second kappa shape index (κ2) is 6.34. The maximum atomic E-state index is 11.8. The minimum atomic E-state index is -0.320. The third-order valence-electron chi connectivity index (χ3n) is 3.59. The van der Waals surface area contributed by atoms with Gasteiger partial charge in [-0.2, -0.15) is 0 Å². The van der Waals surface area contributed by atoms with Gasteiger partial charge in [0.1, 0.15) is 24.4 Å². The lowest BCUT2D eigenvalue weighted by atomic mass is 10.1. The van der Waals surface area contributed by atoms with Crippen molar-refractivity contribution in [3.63, 3.8) is 0 Å². The zero-order chi connectivity index (χ0) is 15.5. The van der Waals surface area contributed by atoms with Crippen molar-refractivity contribution in [3.8, 4) is 5.75 Å². The molecule has 1 N–H and O–H groups in total. The Hall–Kier alpha value is -2.11. The molecule has 114 valence electrons. The van der Waals surface area contributed by atoms with Gasteiger partial charge in [0.2, 0.25) is 0 Å². The lowest BCUT2D eigenvalue weighted by Crippen LogP contribution is -3.06. The van der Waals surface area contributed by atoms with Gasteiger partial charge in [0.25, 0.3) is 0 Å². The Balaban J connectivity index is 1.90. The van der Waals surface area contributed by atoms with Crippen LogP contribution in [0, 0.1) is 0 Å². The fraction of sp³-hybridized carbons (Fsp3) is 0.235. The van der Waals surface area contributed by atoms with E-state index in [1.165, 1.54) is 9.78 Å². The molecule has 4 nitrogen and oxygen atoms in total. The van der Waals surface area contributed by atoms with Crippen LogP contribution < -0.4 is 15.3 Å². The second-order valence-electron chi connectivity index (χ2n) is 5.34. The molecule has 1 aromatic carbocycles. The Morgan fingerprint density at radius 3 is 2.82 bits per heavy atom. The Morgan fingerprint density at radius 1 is 1.23 bits per heavy atom. The van der Waals surface area contributed by atoms with Crippen molar-refractivity contribution in [3.05, 3.63) is 62.6 Å². The number of quaternary nitrogens is 1. The van der Waals surface area contributed by atoms with Gasteiger partial charge in [-0.15, -0.1) is 11.3 Å². The molecule has 3 aromatic rings. The molecule has 0 spiro atoms. The van der Waals surface area contributed by atoms with Crippen molar-refractivity contribution in [2.75, 3.05) is 14.2 Å². The summed E-state index contributed by atoms with van der Waals surface area (Å²) in [6.45, 7) is 1.71. The fourth-order valence-electron chi connectivity index (χ4n) is 2.58. The Labute approximate surface area is 132 Å². The van der Waals surface area contributed by atoms with E-state index in [4.69, 9.17) is 9.15 Å². The Kier molecular flexibility index (Phi) is 4.27. The van der Waals surface area contributed by atoms with Crippen LogP contribution in [-0.4, -0.2) is 14.2 Å². The van der Waals surface area contributed by atoms with E-state index in [1.807, 2.05) is 12.1 Å². The molecule has 3 rings (SSSR count). The van der Waals surface area contributed by atoms with E-state index in [2.05, 4.69) is 24.6 Å². The molecule has 1 unspecified atom stereocenters. The van der Waals surface area contributed by atoms with Crippen molar-refractivity contribution in [2.45, 2.75) is 13.1 Å². The van der Waals surface area contributed by atoms with Crippen LogP contribution in [0.4, 0.5) is 0 Å². The lowest BCUT2D eigenvalue weighted by Gasteiger charge is -2.14. The quantitative estimate of drug-likeness (QED) is 0.733. The minimum absolute atomic E-state index is 0.320. The third-order valence-corrected chi connectivity index (χ3v) is 4.46. The number of fused-ring (bicyclic) bond motifs is 1. The average molecular weight is 316 g/mol. The van der Waals surface area contributed by atoms with E-state index >= 15 is 0 Å². The molecule has 0 bridgehead atoms. The summed E-state index contributed by atoms with van der Waals surface area (Å²) < 4.78 is 10.5. The monoisotopic (exact) mass is 316 g/mol. The van der Waals surface area contributed by atoms with Gasteiger partial charge in [0, 0.05) is 23.1 Å². The first-order valence-corrected chi connectivity index (χ1v) is 7.98. The normalized spacial score (nSPS) is 12.5. The van der Waals surface area contributed by atoms with Crippen molar-refractivity contribution < 1.29 is 14.1 Å². The molecule has 2 aromatic heterocycles. The van der Waals surface area contributed by atoms with E-state index in [1.54, 1.807) is 30.6 Å². The standard InChI is InChI=1S/C17H17NO3S/c1-18(11-14-4-3-7-22-14)10-12-8-17(19)21-16-9-13(20-2)5-6-15(12)16/h3-9H,10-11H2,1-2H3/p+1. The Bertz CT molecular complexity index is 824. The van der Waals surface area contributed by atoms with Gasteiger partial charge >= 0.3 is 5.63 Å². The number of hydrogen-bond acceptors (Lipinski definition) is 4. The summed E-state index contributed by atoms with van der Waals surface area (Å²) in [7, 11) is 3.73. The summed E-state index contributed by atoms with van der Waals surface area (Å²) in [6.07, 6.45) is 0. The highest BCUT2D eigenvalue weighted by molar-refractivity contribution is 7.09. The van der Waals surface area contributed by atoms with Gasteiger partial charge in [-0.05, 0) is 23.6 Å². The topological polar surface area (TPSA) is 43.9 Å². The number of methoxy groups -OCH3 is 1. The Morgan fingerprint density at radius 2 is 2.09 bits per heavy atom. The van der Waals surface area contributed by atoms with Crippen LogP contribution in [0.15, 0.2) is 51.0 Å². The van der Waals surface area contributed by atoms with Crippen LogP contribution in [0.3, 0.4) is 0 Å². The molecular formula is C17H18NO3S+. The van der Waals surface area contributed by atoms with Gasteiger partial charge in [-0.25, -0.2) is 4.79 Å². The molecule has 22 heavy (non-hydrogen) atoms. The van der Waals surface area contributed by atoms with Gasteiger partial charge in [-0.3, -0.25) is 0 Å². The van der Waals surface area contributed by atoms with Crippen molar-refractivity contribution in [1.82, 2.24) is 0 Å². The predicted octanol–water partition coefficient (Wildman–Crippen LogP) is 2.08. The maximum absolute atomic E-state index is 11.8. The number of nitrogens with one attached hydrogen (secondary N) is 1. The number of ether oxygens (including phenoxy) is 1. The number of thiophene rings is 1. The molecule has 5 heteroatoms. The highest BCUT2D eigenvalue weighted by atomic mass is 32.1. The molecule has 0 aliphatic rings. The van der Waals surface area contributed by atoms with Crippen LogP contribution in [0.1, 0.15) is 10.4 Å². The van der Waals surface area contributed by atoms with Gasteiger partial charge < -0.3 is 14.1 Å². The minimum Gasteiger partial charge on any atom is -0.497 e. The molecule has 0 aliphatic heterocycles. The fourth-order valence-corrected chi connectivity index (χ4v) is 3.40. The highest BCUT2D eigenvalue weighted by Gasteiger charge is 2.12. The zero-order valence-corrected chi connectivity index (χ0v) is 13.4. The second-order valence-corrected chi connectivity index (χ2v) is 6.38. The van der Waals surface area contributed by atoms with E-state index in [0.29, 0.717) is 11.3 Å². The number of rotatable bonds is 5. The molecule has 0 fully saturated rings. The van der Waals surface area contributed by atoms with Crippen molar-refractivity contribution in [1.29, 1.82) is 0 Å². The molecular weight excluding hydrogens is 298 g/mol. The smallest absolute Gasteiger partial charge is 0.336 e. The van der Waals surface area contributed by atoms with Crippen molar-refractivity contribution >= 4 is 22.3 Å². The largest absolute Gasteiger partial charge is 0.497 e. The van der Waals surface area contributed by atoms with E-state index in [9.17, 15) is 4.79 Å². The summed E-state index contributed by atoms with van der Waals surface area (Å²) in [5, 5.41) is 3.05. The molecule has 1 atom stereocenters. The maximum Gasteiger partial charge on any atom is 0.336 e. The molecule has 0 saturated carbocycles. The summed E-state index contributed by atoms with van der Waals surface area (Å²) in [5.74, 6) is 0.687. The third kappa shape index (κ3) is 3.21. The van der Waals surface area contributed by atoms with Gasteiger partial charge in [0.05, 0.1) is 19.0 Å². The first-order chi connectivity index (χ1) is 10.7. The van der Waals surface area contributed by atoms with Crippen LogP contribution in [0.5, 0.6) is 5.75 Å². The van der Waals surface area contributed by atoms with Crippen LogP contribution in [0.2, 0.25) is 0 Å². The van der Waals surface area contributed by atoms with Crippen LogP contribution in [-0.2, 0) is 13.1 Å². The number of benzene rings is 1. The summed E-state index contributed by atoms with van der Waals surface area (Å²) >= 11 is 1.76. The van der Waals surface area contributed by atoms with Gasteiger partial charge in [-0.1, -0.05) is 6.07 Å². The average Bonchev–Trinajstić information content (AvgIpc) is 2.99. The lowest BCUT2D eigenvalue weighted by molar-refractivity contribution is -0.907. The van der Waals surface area contributed by atoms with Crippen LogP contribution >= 0.6 is 11.3 Å². The van der Waals surface area contributed by atoms with Crippen LogP contribution in [0.25, 0.3) is 11.0 Å². The molecule has 0 saturated heterocycles. The summed E-state index contributed by atoms with van der Waals surface area (Å²) in [6, 6.07) is 11.4. The first kappa shape index (κ1) is 14.8. The van der Waals surface area contributed by atoms with E-state index in [0.717, 1.165) is 24.0 Å². The first-order valence-electron chi connectivity index (χ1n) is 7.10. The summed E-state index contributed by atoms with van der Waals surface area (Å²) in [5.41, 5.74) is 1.26. The molecule has 0 aliphatic carbocycles. The highest BCUT2D eigenvalue weighted by Crippen LogP contribution is 2.22. The summed E-state index contributed by atoms with van der Waals surface area (Å²) in [4.78, 5) is 14.5. The van der Waals surface area contributed by atoms with E-state index < -0.39 is 0 Å².